The molecule has 0 radical (unpaired) electrons. The first-order valence-electron chi connectivity index (χ1n) is 5.34. The van der Waals surface area contributed by atoms with E-state index in [0.29, 0.717) is 0 Å². The Bertz CT molecular complexity index is 448. The third-order valence-corrected chi connectivity index (χ3v) is 3.19. The van der Waals surface area contributed by atoms with Gasteiger partial charge in [0.05, 0.1) is 11.8 Å². The van der Waals surface area contributed by atoms with Crippen LogP contribution in [0.15, 0.2) is 6.20 Å². The van der Waals surface area contributed by atoms with Gasteiger partial charge in [0.2, 0.25) is 0 Å². The van der Waals surface area contributed by atoms with Gasteiger partial charge in [-0.15, -0.1) is 10.2 Å². The Labute approximate surface area is 98.3 Å². The summed E-state index contributed by atoms with van der Waals surface area (Å²) >= 11 is 1.61. The summed E-state index contributed by atoms with van der Waals surface area (Å²) in [6.45, 7) is 5.94. The summed E-state index contributed by atoms with van der Waals surface area (Å²) in [6.07, 6.45) is 2.92. The fourth-order valence-corrected chi connectivity index (χ4v) is 2.25. The Balaban J connectivity index is 2.05. The van der Waals surface area contributed by atoms with Gasteiger partial charge in [0, 0.05) is 12.2 Å². The van der Waals surface area contributed by atoms with E-state index in [2.05, 4.69) is 32.6 Å². The van der Waals surface area contributed by atoms with Crippen LogP contribution in [0.3, 0.4) is 0 Å². The zero-order valence-corrected chi connectivity index (χ0v) is 10.3. The van der Waals surface area contributed by atoms with Gasteiger partial charge < -0.3 is 5.32 Å². The number of nitrogens with zero attached hydrogens (tertiary/aromatic N) is 3. The Kier molecular flexibility index (Phi) is 3.63. The largest absolute Gasteiger partial charge is 0.310 e. The molecule has 0 amide bonds. The predicted octanol–water partition coefficient (Wildman–Crippen LogP) is 1.74. The normalized spacial score (nSPS) is 10.9. The Morgan fingerprint density at radius 3 is 3.00 bits per heavy atom. The maximum Gasteiger partial charge on any atom is 0.151 e. The SMILES string of the molecule is CCCNCc1nnc(-c2cn[nH]c2C)s1. The number of rotatable bonds is 5. The maximum atomic E-state index is 4.17. The number of H-pyrrole nitrogens is 1. The summed E-state index contributed by atoms with van der Waals surface area (Å²) in [6, 6.07) is 0. The van der Waals surface area contributed by atoms with E-state index < -0.39 is 0 Å². The van der Waals surface area contributed by atoms with Gasteiger partial charge >= 0.3 is 0 Å². The fourth-order valence-electron chi connectivity index (χ4n) is 1.37. The monoisotopic (exact) mass is 237 g/mol. The molecule has 0 atom stereocenters. The molecule has 0 aliphatic rings. The standard InChI is InChI=1S/C10H15N5S/c1-3-4-11-6-9-14-15-10(16-9)8-5-12-13-7(8)2/h5,11H,3-4,6H2,1-2H3,(H,12,13). The van der Waals surface area contributed by atoms with E-state index in [-0.39, 0.29) is 0 Å². The molecule has 0 fully saturated rings. The minimum absolute atomic E-state index is 0.794. The molecule has 86 valence electrons. The molecule has 0 saturated carbocycles. The van der Waals surface area contributed by atoms with Crippen molar-refractivity contribution in [2.45, 2.75) is 26.8 Å². The van der Waals surface area contributed by atoms with Crippen LogP contribution in [-0.2, 0) is 6.54 Å². The maximum absolute atomic E-state index is 4.17. The first-order valence-corrected chi connectivity index (χ1v) is 6.16. The Morgan fingerprint density at radius 2 is 2.31 bits per heavy atom. The fraction of sp³-hybridized carbons (Fsp3) is 0.500. The smallest absolute Gasteiger partial charge is 0.151 e. The van der Waals surface area contributed by atoms with Crippen LogP contribution >= 0.6 is 11.3 Å². The number of aromatic nitrogens is 4. The van der Waals surface area contributed by atoms with Crippen LogP contribution in [0.1, 0.15) is 24.0 Å². The molecular formula is C10H15N5S. The minimum Gasteiger partial charge on any atom is -0.310 e. The zero-order chi connectivity index (χ0) is 11.4. The van der Waals surface area contributed by atoms with E-state index in [1.54, 1.807) is 17.5 Å². The number of hydrogen-bond acceptors (Lipinski definition) is 5. The highest BCUT2D eigenvalue weighted by Crippen LogP contribution is 2.24. The topological polar surface area (TPSA) is 66.5 Å². The lowest BCUT2D eigenvalue weighted by Crippen LogP contribution is -2.13. The van der Waals surface area contributed by atoms with Gasteiger partial charge in [-0.05, 0) is 19.9 Å². The molecule has 0 saturated heterocycles. The van der Waals surface area contributed by atoms with Crippen molar-refractivity contribution in [3.8, 4) is 10.6 Å². The van der Waals surface area contributed by atoms with Gasteiger partial charge in [0.15, 0.2) is 5.01 Å². The van der Waals surface area contributed by atoms with Crippen LogP contribution in [0.5, 0.6) is 0 Å². The summed E-state index contributed by atoms with van der Waals surface area (Å²) in [5, 5.41) is 20.5. The third-order valence-electron chi connectivity index (χ3n) is 2.23. The number of nitrogens with one attached hydrogen (secondary N) is 2. The first-order chi connectivity index (χ1) is 7.81. The van der Waals surface area contributed by atoms with Crippen LogP contribution in [0.4, 0.5) is 0 Å². The third kappa shape index (κ3) is 2.45. The number of aryl methyl sites for hydroxylation is 1. The van der Waals surface area contributed by atoms with E-state index in [4.69, 9.17) is 0 Å². The van der Waals surface area contributed by atoms with Crippen LogP contribution in [-0.4, -0.2) is 26.9 Å². The van der Waals surface area contributed by atoms with Crippen LogP contribution in [0, 0.1) is 6.92 Å². The van der Waals surface area contributed by atoms with Crippen LogP contribution < -0.4 is 5.32 Å². The lowest BCUT2D eigenvalue weighted by molar-refractivity contribution is 0.668. The molecule has 16 heavy (non-hydrogen) atoms. The van der Waals surface area contributed by atoms with Gasteiger partial charge in [-0.3, -0.25) is 5.10 Å². The molecule has 5 nitrogen and oxygen atoms in total. The van der Waals surface area contributed by atoms with E-state index >= 15 is 0 Å². The molecule has 2 aromatic rings. The predicted molar refractivity (Wildman–Crippen MR) is 64.2 cm³/mol. The van der Waals surface area contributed by atoms with Gasteiger partial charge in [0.25, 0.3) is 0 Å². The van der Waals surface area contributed by atoms with E-state index in [0.717, 1.165) is 40.8 Å². The Hall–Kier alpha value is -1.27. The molecule has 0 unspecified atom stereocenters. The second-order valence-electron chi connectivity index (χ2n) is 3.59. The summed E-state index contributed by atoms with van der Waals surface area (Å²) in [5.41, 5.74) is 2.07. The van der Waals surface area contributed by atoms with Crippen molar-refractivity contribution in [2.75, 3.05) is 6.54 Å². The van der Waals surface area contributed by atoms with Crippen molar-refractivity contribution >= 4 is 11.3 Å². The Morgan fingerprint density at radius 1 is 1.44 bits per heavy atom. The lowest BCUT2D eigenvalue weighted by atomic mass is 10.3. The zero-order valence-electron chi connectivity index (χ0n) is 9.45. The van der Waals surface area contributed by atoms with E-state index in [1.807, 2.05) is 6.92 Å². The van der Waals surface area contributed by atoms with Gasteiger partial charge in [-0.2, -0.15) is 5.10 Å². The van der Waals surface area contributed by atoms with Crippen molar-refractivity contribution < 1.29 is 0 Å². The molecule has 0 bridgehead atoms. The summed E-state index contributed by atoms with van der Waals surface area (Å²) in [7, 11) is 0. The van der Waals surface area contributed by atoms with Crippen molar-refractivity contribution in [1.82, 2.24) is 25.7 Å². The summed E-state index contributed by atoms with van der Waals surface area (Å²) < 4.78 is 0. The highest BCUT2D eigenvalue weighted by atomic mass is 32.1. The molecule has 2 N–H and O–H groups in total. The summed E-state index contributed by atoms with van der Waals surface area (Å²) in [4.78, 5) is 0. The second kappa shape index (κ2) is 5.18. The lowest BCUT2D eigenvalue weighted by Gasteiger charge is -1.96. The van der Waals surface area contributed by atoms with Crippen molar-refractivity contribution in [3.63, 3.8) is 0 Å². The van der Waals surface area contributed by atoms with Crippen LogP contribution in [0.25, 0.3) is 10.6 Å². The summed E-state index contributed by atoms with van der Waals surface area (Å²) in [5.74, 6) is 0. The highest BCUT2D eigenvalue weighted by molar-refractivity contribution is 7.14. The van der Waals surface area contributed by atoms with Gasteiger partial charge in [-0.25, -0.2) is 0 Å². The van der Waals surface area contributed by atoms with E-state index in [1.165, 1.54) is 0 Å². The van der Waals surface area contributed by atoms with Crippen molar-refractivity contribution in [1.29, 1.82) is 0 Å². The molecule has 2 aromatic heterocycles. The molecule has 0 spiro atoms. The van der Waals surface area contributed by atoms with Crippen LogP contribution in [0.2, 0.25) is 0 Å². The number of aromatic amines is 1. The molecule has 2 rings (SSSR count). The van der Waals surface area contributed by atoms with Crippen molar-refractivity contribution in [2.24, 2.45) is 0 Å². The van der Waals surface area contributed by atoms with Gasteiger partial charge in [0.1, 0.15) is 5.01 Å². The highest BCUT2D eigenvalue weighted by Gasteiger charge is 2.09. The first kappa shape index (κ1) is 11.2. The minimum atomic E-state index is 0.794. The van der Waals surface area contributed by atoms with Crippen molar-refractivity contribution in [3.05, 3.63) is 16.9 Å². The second-order valence-corrected chi connectivity index (χ2v) is 4.65. The molecule has 0 aliphatic heterocycles. The molecule has 6 heteroatoms. The number of hydrogen-bond donors (Lipinski definition) is 2. The van der Waals surface area contributed by atoms with Gasteiger partial charge in [-0.1, -0.05) is 18.3 Å². The van der Waals surface area contributed by atoms with E-state index in [9.17, 15) is 0 Å². The molecular weight excluding hydrogens is 222 g/mol. The molecule has 0 aliphatic carbocycles. The molecule has 2 heterocycles. The average molecular weight is 237 g/mol. The quantitative estimate of drug-likeness (QED) is 0.777. The molecule has 0 aromatic carbocycles. The average Bonchev–Trinajstić information content (AvgIpc) is 2.87.